The van der Waals surface area contributed by atoms with Gasteiger partial charge in [0.1, 0.15) is 5.75 Å². The van der Waals surface area contributed by atoms with E-state index in [1.54, 1.807) is 0 Å². The third kappa shape index (κ3) is 8.07. The van der Waals surface area contributed by atoms with Crippen molar-refractivity contribution in [3.63, 3.8) is 0 Å². The van der Waals surface area contributed by atoms with E-state index in [-0.39, 0.29) is 11.4 Å². The highest BCUT2D eigenvalue weighted by molar-refractivity contribution is 5.71. The number of hydrogen-bond acceptors (Lipinski definition) is 5. The first-order valence-corrected chi connectivity index (χ1v) is 6.47. The highest BCUT2D eigenvalue weighted by atomic mass is 16.6. The van der Waals surface area contributed by atoms with E-state index in [4.69, 9.17) is 4.74 Å². The molecule has 0 saturated heterocycles. The summed E-state index contributed by atoms with van der Waals surface area (Å²) in [6.07, 6.45) is 1.25. The molecule has 0 N–H and O–H groups in total. The minimum absolute atomic E-state index is 0.0895. The quantitative estimate of drug-likeness (QED) is 0.363. The molecular weight excluding hydrogens is 262 g/mol. The Labute approximate surface area is 119 Å². The maximum Gasteiger partial charge on any atom is 0.315 e. The molecule has 20 heavy (non-hydrogen) atoms. The van der Waals surface area contributed by atoms with Gasteiger partial charge in [-0.15, -0.1) is 0 Å². The molecule has 0 unspecified atom stereocenters. The second kappa shape index (κ2) is 12.0. The number of nitrogens with zero attached hydrogens (tertiary/aromatic N) is 1. The van der Waals surface area contributed by atoms with Crippen molar-refractivity contribution in [2.45, 2.75) is 41.0 Å². The minimum Gasteiger partial charge on any atom is -0.496 e. The Morgan fingerprint density at radius 3 is 2.15 bits per heavy atom. The van der Waals surface area contributed by atoms with Gasteiger partial charge < -0.3 is 9.47 Å². The van der Waals surface area contributed by atoms with Gasteiger partial charge in [-0.1, -0.05) is 34.1 Å². The summed E-state index contributed by atoms with van der Waals surface area (Å²) in [5, 5.41) is 10.6. The van der Waals surface area contributed by atoms with Crippen molar-refractivity contribution < 1.29 is 19.2 Å². The van der Waals surface area contributed by atoms with Gasteiger partial charge in [0.25, 0.3) is 0 Å². The monoisotopic (exact) mass is 285 g/mol. The summed E-state index contributed by atoms with van der Waals surface area (Å²) in [6.45, 7) is 9.42. The molecule has 1 aromatic carbocycles. The molecule has 6 nitrogen and oxygen atoms in total. The fraction of sp³-hybridized carbons (Fsp3) is 0.500. The van der Waals surface area contributed by atoms with Gasteiger partial charge in [-0.3, -0.25) is 14.9 Å². The first-order chi connectivity index (χ1) is 9.46. The Morgan fingerprint density at radius 2 is 1.80 bits per heavy atom. The van der Waals surface area contributed by atoms with Crippen molar-refractivity contribution >= 4 is 11.7 Å². The normalized spacial score (nSPS) is 8.30. The van der Waals surface area contributed by atoms with Gasteiger partial charge in [0.05, 0.1) is 18.1 Å². The number of nitro benzene ring substituents is 1. The number of carbonyl (C=O) groups is 1. The zero-order valence-corrected chi connectivity index (χ0v) is 12.9. The summed E-state index contributed by atoms with van der Waals surface area (Å²) in [5.41, 5.74) is -0.301. The molecule has 0 heterocycles. The largest absolute Gasteiger partial charge is 0.496 e. The van der Waals surface area contributed by atoms with Crippen LogP contribution in [0.2, 0.25) is 0 Å². The van der Waals surface area contributed by atoms with Crippen LogP contribution in [-0.2, 0) is 4.79 Å². The zero-order chi connectivity index (χ0) is 16.1. The third-order valence-electron chi connectivity index (χ3n) is 1.62. The van der Waals surface area contributed by atoms with Crippen LogP contribution in [0.3, 0.4) is 0 Å². The van der Waals surface area contributed by atoms with Crippen molar-refractivity contribution in [1.82, 2.24) is 0 Å². The van der Waals surface area contributed by atoms with Crippen molar-refractivity contribution in [3.05, 3.63) is 28.3 Å². The van der Waals surface area contributed by atoms with Crippen LogP contribution >= 0.6 is 0 Å². The van der Waals surface area contributed by atoms with E-state index in [9.17, 15) is 14.9 Å². The van der Waals surface area contributed by atoms with Gasteiger partial charge in [0, 0.05) is 6.92 Å². The SMILES string of the molecule is CC.CCC.COc1ccc(OC(C)=O)c([N+](=O)[O-])c1. The number of rotatable bonds is 3. The Bertz CT molecular complexity index is 418. The van der Waals surface area contributed by atoms with Gasteiger partial charge in [0.15, 0.2) is 0 Å². The molecule has 0 fully saturated rings. The average molecular weight is 285 g/mol. The molecule has 6 heteroatoms. The maximum atomic E-state index is 10.7. The molecule has 0 amide bonds. The Hall–Kier alpha value is -2.11. The van der Waals surface area contributed by atoms with Crippen LogP contribution in [0, 0.1) is 10.1 Å². The van der Waals surface area contributed by atoms with Crippen LogP contribution in [-0.4, -0.2) is 18.0 Å². The number of benzene rings is 1. The van der Waals surface area contributed by atoms with Gasteiger partial charge in [-0.2, -0.15) is 0 Å². The molecule has 0 atom stereocenters. The highest BCUT2D eigenvalue weighted by Gasteiger charge is 2.17. The number of hydrogen-bond donors (Lipinski definition) is 0. The first kappa shape index (κ1) is 20.2. The van der Waals surface area contributed by atoms with Crippen LogP contribution in [0.5, 0.6) is 11.5 Å². The summed E-state index contributed by atoms with van der Waals surface area (Å²) in [7, 11) is 1.39. The molecule has 0 aliphatic heterocycles. The van der Waals surface area contributed by atoms with Crippen molar-refractivity contribution in [3.8, 4) is 11.5 Å². The van der Waals surface area contributed by atoms with Gasteiger partial charge >= 0.3 is 11.7 Å². The van der Waals surface area contributed by atoms with Crippen LogP contribution in [0.4, 0.5) is 5.69 Å². The first-order valence-electron chi connectivity index (χ1n) is 6.47. The van der Waals surface area contributed by atoms with E-state index in [1.807, 2.05) is 13.8 Å². The van der Waals surface area contributed by atoms with Crippen molar-refractivity contribution in [2.75, 3.05) is 7.11 Å². The van der Waals surface area contributed by atoms with Crippen LogP contribution in [0.15, 0.2) is 18.2 Å². The van der Waals surface area contributed by atoms with E-state index in [1.165, 1.54) is 38.7 Å². The van der Waals surface area contributed by atoms with E-state index in [0.717, 1.165) is 0 Å². The van der Waals surface area contributed by atoms with E-state index in [2.05, 4.69) is 18.6 Å². The van der Waals surface area contributed by atoms with Crippen LogP contribution < -0.4 is 9.47 Å². The molecule has 0 bridgehead atoms. The number of ether oxygens (including phenoxy) is 2. The zero-order valence-electron chi connectivity index (χ0n) is 12.9. The van der Waals surface area contributed by atoms with Crippen LogP contribution in [0.25, 0.3) is 0 Å². The topological polar surface area (TPSA) is 78.7 Å². The van der Waals surface area contributed by atoms with E-state index >= 15 is 0 Å². The fourth-order valence-electron chi connectivity index (χ4n) is 1.01. The molecule has 0 saturated carbocycles. The van der Waals surface area contributed by atoms with E-state index < -0.39 is 10.9 Å². The highest BCUT2D eigenvalue weighted by Crippen LogP contribution is 2.30. The molecule has 0 spiro atoms. The standard InChI is InChI=1S/C9H9NO5.C3H8.C2H6/c1-6(11)15-9-4-3-7(14-2)5-8(9)10(12)13;1-3-2;1-2/h3-5H,1-2H3;3H2,1-2H3;1-2H3. The summed E-state index contributed by atoms with van der Waals surface area (Å²) >= 11 is 0. The second-order valence-electron chi connectivity index (χ2n) is 3.39. The van der Waals surface area contributed by atoms with Crippen molar-refractivity contribution in [1.29, 1.82) is 0 Å². The number of nitro groups is 1. The molecule has 1 aromatic rings. The lowest BCUT2D eigenvalue weighted by atomic mass is 10.3. The number of esters is 1. The molecule has 0 radical (unpaired) electrons. The molecule has 1 rings (SSSR count). The van der Waals surface area contributed by atoms with E-state index in [0.29, 0.717) is 5.75 Å². The Morgan fingerprint density at radius 1 is 1.30 bits per heavy atom. The summed E-state index contributed by atoms with van der Waals surface area (Å²) in [5.74, 6) is -0.367. The lowest BCUT2D eigenvalue weighted by Crippen LogP contribution is -2.04. The molecular formula is C14H23NO5. The lowest BCUT2D eigenvalue weighted by molar-refractivity contribution is -0.385. The second-order valence-corrected chi connectivity index (χ2v) is 3.39. The average Bonchev–Trinajstić information content (AvgIpc) is 2.41. The third-order valence-corrected chi connectivity index (χ3v) is 1.62. The lowest BCUT2D eigenvalue weighted by Gasteiger charge is -2.04. The van der Waals surface area contributed by atoms with Crippen LogP contribution in [0.1, 0.15) is 41.0 Å². The van der Waals surface area contributed by atoms with Gasteiger partial charge in [0.2, 0.25) is 5.75 Å². The predicted molar refractivity (Wildman–Crippen MR) is 78.3 cm³/mol. The molecule has 114 valence electrons. The number of methoxy groups -OCH3 is 1. The Balaban J connectivity index is 0. The summed E-state index contributed by atoms with van der Waals surface area (Å²) in [6, 6.07) is 3.99. The molecule has 0 aromatic heterocycles. The predicted octanol–water partition coefficient (Wildman–Crippen LogP) is 3.97. The summed E-state index contributed by atoms with van der Waals surface area (Å²) in [4.78, 5) is 20.7. The summed E-state index contributed by atoms with van der Waals surface area (Å²) < 4.78 is 9.49. The maximum absolute atomic E-state index is 10.7. The Kier molecular flexibility index (Phi) is 12.1. The smallest absolute Gasteiger partial charge is 0.315 e. The molecule has 0 aliphatic carbocycles. The molecule has 0 aliphatic rings. The minimum atomic E-state index is -0.638. The number of carbonyl (C=O) groups excluding carboxylic acids is 1. The fourth-order valence-corrected chi connectivity index (χ4v) is 1.01. The van der Waals surface area contributed by atoms with Crippen molar-refractivity contribution in [2.24, 2.45) is 0 Å². The van der Waals surface area contributed by atoms with Gasteiger partial charge in [-0.05, 0) is 12.1 Å². The van der Waals surface area contributed by atoms with Gasteiger partial charge in [-0.25, -0.2) is 0 Å².